The fourth-order valence-electron chi connectivity index (χ4n) is 4.19. The summed E-state index contributed by atoms with van der Waals surface area (Å²) in [6.07, 6.45) is 0. The number of rotatable bonds is 2. The summed E-state index contributed by atoms with van der Waals surface area (Å²) in [5, 5.41) is 4.51. The highest BCUT2D eigenvalue weighted by molar-refractivity contribution is 6.96. The van der Waals surface area contributed by atoms with Crippen LogP contribution in [0.15, 0.2) is 109 Å². The highest BCUT2D eigenvalue weighted by atomic mass is 28.3. The van der Waals surface area contributed by atoms with E-state index in [0.29, 0.717) is 5.92 Å². The second kappa shape index (κ2) is 6.43. The van der Waals surface area contributed by atoms with Gasteiger partial charge < -0.3 is 0 Å². The molecule has 0 unspecified atom stereocenters. The normalized spacial score (nSPS) is 13.8. The van der Waals surface area contributed by atoms with Gasteiger partial charge in [-0.05, 0) is 27.1 Å². The van der Waals surface area contributed by atoms with Crippen molar-refractivity contribution < 1.29 is 0 Å². The largest absolute Gasteiger partial charge is 0.155 e. The van der Waals surface area contributed by atoms with Gasteiger partial charge in [-0.3, -0.25) is 0 Å². The van der Waals surface area contributed by atoms with Gasteiger partial charge in [0.2, 0.25) is 0 Å². The zero-order valence-corrected chi connectivity index (χ0v) is 15.5. The third kappa shape index (κ3) is 2.44. The van der Waals surface area contributed by atoms with Crippen molar-refractivity contribution in [1.82, 2.24) is 0 Å². The molecule has 4 aromatic carbocycles. The third-order valence-electron chi connectivity index (χ3n) is 5.28. The molecular formula is C25H19Si. The maximum Gasteiger partial charge on any atom is 0.155 e. The first-order valence-electron chi connectivity index (χ1n) is 9.09. The smallest absolute Gasteiger partial charge is 0.0624 e. The van der Waals surface area contributed by atoms with Gasteiger partial charge in [0.15, 0.2) is 8.80 Å². The van der Waals surface area contributed by atoms with Crippen LogP contribution in [0.5, 0.6) is 0 Å². The van der Waals surface area contributed by atoms with Crippen LogP contribution in [0, 0.1) is 0 Å². The Morgan fingerprint density at radius 1 is 0.462 bits per heavy atom. The molecule has 1 aliphatic heterocycles. The summed E-state index contributed by atoms with van der Waals surface area (Å²) >= 11 is 0. The van der Waals surface area contributed by atoms with E-state index in [-0.39, 0.29) is 0 Å². The Hall–Kier alpha value is -2.90. The van der Waals surface area contributed by atoms with E-state index in [1.165, 1.54) is 32.3 Å². The molecule has 1 radical (unpaired) electrons. The molecule has 0 aromatic heterocycles. The first-order valence-corrected chi connectivity index (χ1v) is 10.6. The molecule has 0 atom stereocenters. The second-order valence-corrected chi connectivity index (χ2v) is 9.16. The molecule has 0 N–H and O–H groups in total. The molecule has 0 fully saturated rings. The zero-order valence-electron chi connectivity index (χ0n) is 14.5. The lowest BCUT2D eigenvalue weighted by atomic mass is 9.84. The van der Waals surface area contributed by atoms with Crippen molar-refractivity contribution in [2.75, 3.05) is 0 Å². The SMILES string of the molecule is c1ccc(C2c3ccccc3[Si](c3ccccc3)c3ccccc32)cc1. The van der Waals surface area contributed by atoms with Crippen molar-refractivity contribution in [2.45, 2.75) is 5.92 Å². The Labute approximate surface area is 156 Å². The molecular weight excluding hydrogens is 328 g/mol. The highest BCUT2D eigenvalue weighted by Crippen LogP contribution is 2.33. The van der Waals surface area contributed by atoms with Crippen LogP contribution in [0.1, 0.15) is 22.6 Å². The molecule has 26 heavy (non-hydrogen) atoms. The van der Waals surface area contributed by atoms with Crippen LogP contribution in [0.2, 0.25) is 0 Å². The van der Waals surface area contributed by atoms with Crippen molar-refractivity contribution in [3.8, 4) is 0 Å². The lowest BCUT2D eigenvalue weighted by Crippen LogP contribution is -2.57. The van der Waals surface area contributed by atoms with Crippen LogP contribution < -0.4 is 15.6 Å². The minimum atomic E-state index is -0.979. The van der Waals surface area contributed by atoms with Crippen molar-refractivity contribution in [3.63, 3.8) is 0 Å². The van der Waals surface area contributed by atoms with Crippen LogP contribution in [0.25, 0.3) is 0 Å². The highest BCUT2D eigenvalue weighted by Gasteiger charge is 2.34. The van der Waals surface area contributed by atoms with E-state index < -0.39 is 8.80 Å². The molecule has 1 heteroatoms. The van der Waals surface area contributed by atoms with Gasteiger partial charge in [-0.25, -0.2) is 0 Å². The molecule has 1 aliphatic rings. The van der Waals surface area contributed by atoms with Crippen LogP contribution in [-0.2, 0) is 0 Å². The van der Waals surface area contributed by atoms with E-state index in [1.54, 1.807) is 0 Å². The fourth-order valence-corrected chi connectivity index (χ4v) is 7.18. The summed E-state index contributed by atoms with van der Waals surface area (Å²) in [5.74, 6) is 0.320. The van der Waals surface area contributed by atoms with E-state index in [0.717, 1.165) is 0 Å². The molecule has 0 saturated heterocycles. The molecule has 5 rings (SSSR count). The van der Waals surface area contributed by atoms with E-state index >= 15 is 0 Å². The Bertz CT molecular complexity index is 905. The lowest BCUT2D eigenvalue weighted by Gasteiger charge is -2.34. The van der Waals surface area contributed by atoms with Gasteiger partial charge in [-0.2, -0.15) is 0 Å². The number of hydrogen-bond donors (Lipinski definition) is 0. The Morgan fingerprint density at radius 2 is 0.923 bits per heavy atom. The fraction of sp³-hybridized carbons (Fsp3) is 0.0400. The van der Waals surface area contributed by atoms with Crippen LogP contribution >= 0.6 is 0 Å². The molecule has 0 spiro atoms. The molecule has 4 aromatic rings. The van der Waals surface area contributed by atoms with Gasteiger partial charge in [0.25, 0.3) is 0 Å². The maximum absolute atomic E-state index is 2.35. The Morgan fingerprint density at radius 3 is 1.50 bits per heavy atom. The van der Waals surface area contributed by atoms with Gasteiger partial charge in [0.05, 0.1) is 0 Å². The number of fused-ring (bicyclic) bond motifs is 2. The Balaban J connectivity index is 1.80. The zero-order chi connectivity index (χ0) is 17.3. The summed E-state index contributed by atoms with van der Waals surface area (Å²) in [7, 11) is -0.979. The standard InChI is InChI=1S/C25H19Si/c1-3-11-19(12-4-1)25-21-15-7-9-17-23(21)26(20-13-5-2-6-14-20)24-18-10-8-16-22(24)25/h1-18,25H. The van der Waals surface area contributed by atoms with Crippen molar-refractivity contribution in [1.29, 1.82) is 0 Å². The van der Waals surface area contributed by atoms with Gasteiger partial charge in [-0.15, -0.1) is 0 Å². The first kappa shape index (κ1) is 15.4. The molecule has 0 aliphatic carbocycles. The van der Waals surface area contributed by atoms with Crippen LogP contribution in [0.3, 0.4) is 0 Å². The molecule has 0 nitrogen and oxygen atoms in total. The van der Waals surface area contributed by atoms with E-state index in [1.807, 2.05) is 0 Å². The summed E-state index contributed by atoms with van der Waals surface area (Å²) in [4.78, 5) is 0. The van der Waals surface area contributed by atoms with Gasteiger partial charge >= 0.3 is 0 Å². The Kier molecular flexibility index (Phi) is 3.80. The summed E-state index contributed by atoms with van der Waals surface area (Å²) in [5.41, 5.74) is 4.31. The minimum Gasteiger partial charge on any atom is -0.0624 e. The van der Waals surface area contributed by atoms with Crippen LogP contribution in [0.4, 0.5) is 0 Å². The molecule has 0 saturated carbocycles. The third-order valence-corrected chi connectivity index (χ3v) is 8.18. The van der Waals surface area contributed by atoms with Gasteiger partial charge in [-0.1, -0.05) is 114 Å². The van der Waals surface area contributed by atoms with Crippen molar-refractivity contribution in [2.24, 2.45) is 0 Å². The van der Waals surface area contributed by atoms with E-state index in [2.05, 4.69) is 109 Å². The van der Waals surface area contributed by atoms with Crippen molar-refractivity contribution in [3.05, 3.63) is 126 Å². The summed E-state index contributed by atoms with van der Waals surface area (Å²) in [6.45, 7) is 0. The summed E-state index contributed by atoms with van der Waals surface area (Å²) in [6, 6.07) is 40.1. The second-order valence-electron chi connectivity index (χ2n) is 6.76. The predicted octanol–water partition coefficient (Wildman–Crippen LogP) is 3.70. The predicted molar refractivity (Wildman–Crippen MR) is 111 cm³/mol. The molecule has 1 heterocycles. The van der Waals surface area contributed by atoms with Crippen LogP contribution in [-0.4, -0.2) is 8.80 Å². The molecule has 0 bridgehead atoms. The number of hydrogen-bond acceptors (Lipinski definition) is 0. The first-order chi connectivity index (χ1) is 12.9. The monoisotopic (exact) mass is 347 g/mol. The lowest BCUT2D eigenvalue weighted by molar-refractivity contribution is 0.986. The van der Waals surface area contributed by atoms with Gasteiger partial charge in [0, 0.05) is 5.92 Å². The van der Waals surface area contributed by atoms with Crippen molar-refractivity contribution >= 4 is 24.4 Å². The average Bonchev–Trinajstić information content (AvgIpc) is 2.73. The minimum absolute atomic E-state index is 0.320. The number of benzene rings is 4. The quantitative estimate of drug-likeness (QED) is 0.427. The average molecular weight is 348 g/mol. The maximum atomic E-state index is 2.35. The summed E-state index contributed by atoms with van der Waals surface area (Å²) < 4.78 is 0. The molecule has 123 valence electrons. The molecule has 0 amide bonds. The van der Waals surface area contributed by atoms with E-state index in [4.69, 9.17) is 0 Å². The van der Waals surface area contributed by atoms with Gasteiger partial charge in [0.1, 0.15) is 0 Å². The van der Waals surface area contributed by atoms with E-state index in [9.17, 15) is 0 Å². The topological polar surface area (TPSA) is 0 Å².